The maximum Gasteiger partial charge on any atom is 0.338 e. The third kappa shape index (κ3) is 3.65. The second-order valence-electron chi connectivity index (χ2n) is 12.1. The van der Waals surface area contributed by atoms with E-state index < -0.39 is 23.2 Å². The molecule has 220 valence electrons. The summed E-state index contributed by atoms with van der Waals surface area (Å²) < 4.78 is 23.4. The fourth-order valence-corrected chi connectivity index (χ4v) is 8.37. The van der Waals surface area contributed by atoms with E-state index in [1.165, 1.54) is 13.3 Å². The predicted octanol–water partition coefficient (Wildman–Crippen LogP) is 6.19. The van der Waals surface area contributed by atoms with Gasteiger partial charge in [0.05, 0.1) is 23.7 Å². The van der Waals surface area contributed by atoms with Crippen LogP contribution in [0, 0.1) is 18.7 Å². The molecule has 1 aliphatic carbocycles. The maximum atomic E-state index is 16.2. The number of ether oxygens (including phenoxy) is 1. The Kier molecular flexibility index (Phi) is 5.97. The first-order chi connectivity index (χ1) is 20.7. The van der Waals surface area contributed by atoms with Crippen molar-refractivity contribution >= 4 is 51.8 Å². The molecule has 1 saturated heterocycles. The maximum absolute atomic E-state index is 16.2. The Bertz CT molecular complexity index is 1870. The van der Waals surface area contributed by atoms with Gasteiger partial charge in [0.25, 0.3) is 0 Å². The van der Waals surface area contributed by atoms with Crippen molar-refractivity contribution in [3.8, 4) is 0 Å². The van der Waals surface area contributed by atoms with E-state index in [1.54, 1.807) is 24.3 Å². The molecular weight excluding hydrogens is 592 g/mol. The number of imidazole rings is 1. The van der Waals surface area contributed by atoms with E-state index in [1.807, 2.05) is 19.1 Å². The van der Waals surface area contributed by atoms with Crippen LogP contribution in [0.1, 0.15) is 64.0 Å². The topological polar surface area (TPSA) is 89.3 Å². The Balaban J connectivity index is 1.43. The summed E-state index contributed by atoms with van der Waals surface area (Å²) in [6.07, 6.45) is 4.42. The van der Waals surface area contributed by atoms with E-state index in [9.17, 15) is 9.59 Å². The lowest BCUT2D eigenvalue weighted by Crippen LogP contribution is -2.53. The second-order valence-corrected chi connectivity index (χ2v) is 12.9. The average Bonchev–Trinajstić information content (AvgIpc) is 3.57. The smallest absolute Gasteiger partial charge is 0.338 e. The van der Waals surface area contributed by atoms with Crippen LogP contribution in [-0.2, 0) is 21.6 Å². The Labute approximate surface area is 257 Å². The van der Waals surface area contributed by atoms with Gasteiger partial charge in [-0.15, -0.1) is 0 Å². The number of carbonyl (C=O) groups excluding carboxylic acids is 2. The Morgan fingerprint density at radius 2 is 2.00 bits per heavy atom. The first kappa shape index (κ1) is 27.0. The van der Waals surface area contributed by atoms with E-state index >= 15 is 4.39 Å². The van der Waals surface area contributed by atoms with Gasteiger partial charge in [0, 0.05) is 53.4 Å². The first-order valence-corrected chi connectivity index (χ1v) is 15.3. The zero-order valence-electron chi connectivity index (χ0n) is 23.5. The van der Waals surface area contributed by atoms with Crippen molar-refractivity contribution in [2.45, 2.75) is 56.1 Å². The number of nitrogens with zero attached hydrogens (tertiary/aromatic N) is 4. The van der Waals surface area contributed by atoms with Gasteiger partial charge < -0.3 is 14.6 Å². The molecule has 2 aromatic heterocycles. The van der Waals surface area contributed by atoms with Crippen LogP contribution < -0.4 is 5.32 Å². The van der Waals surface area contributed by atoms with Gasteiger partial charge in [-0.3, -0.25) is 9.69 Å². The summed E-state index contributed by atoms with van der Waals surface area (Å²) in [5.41, 5.74) is 3.28. The fourth-order valence-electron chi connectivity index (χ4n) is 8.03. The van der Waals surface area contributed by atoms with Crippen molar-refractivity contribution in [2.24, 2.45) is 5.92 Å². The van der Waals surface area contributed by atoms with Crippen molar-refractivity contribution in [1.29, 1.82) is 0 Å². The van der Waals surface area contributed by atoms with Gasteiger partial charge in [0.2, 0.25) is 5.91 Å². The van der Waals surface area contributed by atoms with Crippen LogP contribution in [0.2, 0.25) is 10.2 Å². The largest absolute Gasteiger partial charge is 0.465 e. The van der Waals surface area contributed by atoms with Crippen molar-refractivity contribution in [3.05, 3.63) is 86.7 Å². The molecule has 1 spiro atoms. The second kappa shape index (κ2) is 9.48. The summed E-state index contributed by atoms with van der Waals surface area (Å²) >= 11 is 12.7. The molecule has 3 aliphatic heterocycles. The van der Waals surface area contributed by atoms with Crippen LogP contribution in [0.25, 0.3) is 11.0 Å². The van der Waals surface area contributed by atoms with E-state index in [4.69, 9.17) is 32.9 Å². The molecule has 0 unspecified atom stereocenters. The van der Waals surface area contributed by atoms with Crippen LogP contribution in [0.4, 0.5) is 10.1 Å². The molecule has 0 bridgehead atoms. The van der Waals surface area contributed by atoms with Crippen LogP contribution in [0.3, 0.4) is 0 Å². The van der Waals surface area contributed by atoms with E-state index in [0.29, 0.717) is 46.4 Å². The average molecular weight is 621 g/mol. The number of rotatable bonds is 4. The number of hydrogen-bond acceptors (Lipinski definition) is 6. The molecule has 1 N–H and O–H groups in total. The molecule has 4 aromatic rings. The lowest BCUT2D eigenvalue weighted by Gasteiger charge is -2.40. The van der Waals surface area contributed by atoms with Crippen LogP contribution in [0.5, 0.6) is 0 Å². The standard InChI is InChI=1S/C32H28Cl2FN5O3/c1-15-18(30(41)43-2)6-8-23-27(15)38-29-24-22(10-12-39(23)29)40(14-16-3-4-16)32(25(24)19-9-11-36-28(34)26(19)35)20-7-5-17(33)13-21(20)37-31(32)42/h5-9,11,13,16,22,24-25H,3-4,10,12,14H2,1-2H3,(H,37,42)/t22-,24+,25-,32+/m0/s1. The number of nitrogens with one attached hydrogen (secondary N) is 1. The molecule has 8 nitrogen and oxygen atoms in total. The Morgan fingerprint density at radius 3 is 2.77 bits per heavy atom. The van der Waals surface area contributed by atoms with Crippen molar-refractivity contribution in [3.63, 3.8) is 0 Å². The van der Waals surface area contributed by atoms with Gasteiger partial charge in [0.1, 0.15) is 11.4 Å². The van der Waals surface area contributed by atoms with Gasteiger partial charge in [-0.25, -0.2) is 19.2 Å². The zero-order valence-corrected chi connectivity index (χ0v) is 25.0. The number of pyridine rings is 1. The highest BCUT2D eigenvalue weighted by atomic mass is 35.5. The summed E-state index contributed by atoms with van der Waals surface area (Å²) in [6, 6.07) is 10.7. The number of fused-ring (bicyclic) bond motifs is 7. The summed E-state index contributed by atoms with van der Waals surface area (Å²) in [4.78, 5) is 38.6. The van der Waals surface area contributed by atoms with Crippen molar-refractivity contribution in [2.75, 3.05) is 19.0 Å². The minimum atomic E-state index is -1.22. The predicted molar refractivity (Wildman–Crippen MR) is 160 cm³/mol. The van der Waals surface area contributed by atoms with Gasteiger partial charge in [-0.05, 0) is 73.6 Å². The van der Waals surface area contributed by atoms with Crippen LogP contribution in [-0.4, -0.2) is 51.0 Å². The van der Waals surface area contributed by atoms with Crippen molar-refractivity contribution in [1.82, 2.24) is 19.4 Å². The number of methoxy groups -OCH3 is 1. The van der Waals surface area contributed by atoms with Gasteiger partial charge >= 0.3 is 5.97 Å². The first-order valence-electron chi connectivity index (χ1n) is 14.5. The third-order valence-electron chi connectivity index (χ3n) is 9.98. The molecule has 0 radical (unpaired) electrons. The number of likely N-dealkylation sites (tertiary alicyclic amines) is 1. The molecular formula is C32H28Cl2FN5O3. The highest BCUT2D eigenvalue weighted by Crippen LogP contribution is 2.64. The van der Waals surface area contributed by atoms with Crippen LogP contribution >= 0.6 is 23.2 Å². The van der Waals surface area contributed by atoms with E-state index in [-0.39, 0.29) is 23.0 Å². The molecule has 5 heterocycles. The van der Waals surface area contributed by atoms with Crippen molar-refractivity contribution < 1.29 is 18.7 Å². The minimum absolute atomic E-state index is 0.103. The van der Waals surface area contributed by atoms with Gasteiger partial charge in [-0.1, -0.05) is 29.3 Å². The Morgan fingerprint density at radius 1 is 1.19 bits per heavy atom. The lowest BCUT2D eigenvalue weighted by atomic mass is 9.70. The van der Waals surface area contributed by atoms with Gasteiger partial charge in [0.15, 0.2) is 11.0 Å². The summed E-state index contributed by atoms with van der Waals surface area (Å²) in [5.74, 6) is -1.07. The number of hydrogen-bond donors (Lipinski definition) is 1. The van der Waals surface area contributed by atoms with Gasteiger partial charge in [-0.2, -0.15) is 0 Å². The quantitative estimate of drug-likeness (QED) is 0.217. The normalized spacial score (nSPS) is 26.0. The number of amides is 1. The van der Waals surface area contributed by atoms with E-state index in [0.717, 1.165) is 41.7 Å². The number of aromatic nitrogens is 3. The Hall–Kier alpha value is -3.53. The van der Waals surface area contributed by atoms with Crippen LogP contribution in [0.15, 0.2) is 42.6 Å². The van der Waals surface area contributed by atoms with E-state index in [2.05, 4.69) is 19.8 Å². The summed E-state index contributed by atoms with van der Waals surface area (Å²) in [7, 11) is 1.36. The highest BCUT2D eigenvalue weighted by Gasteiger charge is 2.69. The molecule has 8 rings (SSSR count). The molecule has 4 aliphatic rings. The number of anilines is 1. The highest BCUT2D eigenvalue weighted by molar-refractivity contribution is 6.31. The minimum Gasteiger partial charge on any atom is -0.465 e. The fraction of sp³-hybridized carbons (Fsp3) is 0.375. The number of halogens is 3. The molecule has 11 heteroatoms. The third-order valence-corrected chi connectivity index (χ3v) is 10.5. The number of benzene rings is 2. The lowest BCUT2D eigenvalue weighted by molar-refractivity contribution is -0.128. The SMILES string of the molecule is COC(=O)c1ccc2c(nc3n2CC[C@H]2[C@@H]3[C@H](c3ccnc(Cl)c3F)[C@]3(C(=O)Nc4cc(Cl)ccc43)N2CC2CC2)c1C. The molecule has 1 saturated carbocycles. The molecule has 4 atom stereocenters. The number of esters is 1. The summed E-state index contributed by atoms with van der Waals surface area (Å²) in [5, 5.41) is 3.38. The molecule has 2 fully saturated rings. The zero-order chi connectivity index (χ0) is 29.8. The summed E-state index contributed by atoms with van der Waals surface area (Å²) in [6.45, 7) is 3.24. The number of aryl methyl sites for hydroxylation is 2. The molecule has 43 heavy (non-hydrogen) atoms. The molecule has 2 aromatic carbocycles. The number of carbonyl (C=O) groups is 2. The molecule has 1 amide bonds. The monoisotopic (exact) mass is 619 g/mol.